The van der Waals surface area contributed by atoms with E-state index in [1.807, 2.05) is 13.0 Å². The number of thiophene rings is 1. The van der Waals surface area contributed by atoms with Crippen LogP contribution in [0.25, 0.3) is 10.9 Å². The lowest BCUT2D eigenvalue weighted by Gasteiger charge is -2.10. The summed E-state index contributed by atoms with van der Waals surface area (Å²) in [5.41, 5.74) is 10.1. The second-order valence-electron chi connectivity index (χ2n) is 6.12. The number of hydrogen-bond donors (Lipinski definition) is 2. The Bertz CT molecular complexity index is 1010. The predicted octanol–water partition coefficient (Wildman–Crippen LogP) is 4.05. The van der Waals surface area contributed by atoms with Gasteiger partial charge in [-0.25, -0.2) is 4.98 Å². The van der Waals surface area contributed by atoms with Crippen molar-refractivity contribution in [1.29, 1.82) is 0 Å². The summed E-state index contributed by atoms with van der Waals surface area (Å²) in [5.74, 6) is -0.536. The number of pyridine rings is 1. The summed E-state index contributed by atoms with van der Waals surface area (Å²) in [6.45, 7) is 6.17. The number of amides is 2. The Morgan fingerprint density at radius 1 is 1.19 bits per heavy atom. The van der Waals surface area contributed by atoms with Crippen molar-refractivity contribution >= 4 is 50.8 Å². The smallest absolute Gasteiger partial charge is 0.251 e. The molecule has 0 spiro atoms. The van der Waals surface area contributed by atoms with E-state index in [-0.39, 0.29) is 11.7 Å². The van der Waals surface area contributed by atoms with E-state index < -0.39 is 5.91 Å². The van der Waals surface area contributed by atoms with Gasteiger partial charge in [-0.2, -0.15) is 0 Å². The Morgan fingerprint density at radius 2 is 1.96 bits per heavy atom. The molecule has 0 atom stereocenters. The Kier molecular flexibility index (Phi) is 5.29. The number of thioether (sulfide) groups is 1. The predicted molar refractivity (Wildman–Crippen MR) is 108 cm³/mol. The molecule has 0 aliphatic heterocycles. The van der Waals surface area contributed by atoms with Crippen LogP contribution in [0.5, 0.6) is 0 Å². The average Bonchev–Trinajstić information content (AvgIpc) is 3.02. The summed E-state index contributed by atoms with van der Waals surface area (Å²) < 4.78 is 0. The number of fused-ring (bicyclic) bond motifs is 1. The van der Waals surface area contributed by atoms with Crippen LogP contribution < -0.4 is 11.1 Å². The van der Waals surface area contributed by atoms with Crippen molar-refractivity contribution in [1.82, 2.24) is 4.98 Å². The summed E-state index contributed by atoms with van der Waals surface area (Å²) in [6.07, 6.45) is 0. The SMILES string of the molecule is Cc1cc(C)c2nc(SCC(=O)Nc3sccc3C(N)=O)cc(C)c2c1. The zero-order chi connectivity index (χ0) is 18.8. The average molecular weight is 386 g/mol. The molecule has 3 N–H and O–H groups in total. The van der Waals surface area contributed by atoms with Crippen LogP contribution in [-0.4, -0.2) is 22.6 Å². The molecule has 2 aromatic heterocycles. The maximum atomic E-state index is 12.2. The van der Waals surface area contributed by atoms with Gasteiger partial charge in [-0.05, 0) is 55.5 Å². The number of primary amides is 1. The molecule has 0 radical (unpaired) electrons. The molecule has 0 aliphatic carbocycles. The molecule has 0 unspecified atom stereocenters. The Morgan fingerprint density at radius 3 is 2.69 bits per heavy atom. The largest absolute Gasteiger partial charge is 0.366 e. The Labute approximate surface area is 160 Å². The van der Waals surface area contributed by atoms with Crippen LogP contribution in [0.4, 0.5) is 5.00 Å². The van der Waals surface area contributed by atoms with Gasteiger partial charge in [-0.3, -0.25) is 9.59 Å². The van der Waals surface area contributed by atoms with Crippen LogP contribution in [0.1, 0.15) is 27.0 Å². The number of benzene rings is 1. The van der Waals surface area contributed by atoms with Crippen LogP contribution in [0.2, 0.25) is 0 Å². The fourth-order valence-electron chi connectivity index (χ4n) is 2.79. The lowest BCUT2D eigenvalue weighted by molar-refractivity contribution is -0.113. The van der Waals surface area contributed by atoms with E-state index in [4.69, 9.17) is 10.7 Å². The third kappa shape index (κ3) is 3.89. The van der Waals surface area contributed by atoms with Crippen molar-refractivity contribution in [3.05, 3.63) is 51.9 Å². The van der Waals surface area contributed by atoms with Crippen molar-refractivity contribution < 1.29 is 9.59 Å². The first-order valence-corrected chi connectivity index (χ1v) is 9.90. The third-order valence-electron chi connectivity index (χ3n) is 3.97. The number of nitrogens with one attached hydrogen (secondary N) is 1. The minimum Gasteiger partial charge on any atom is -0.366 e. The Hall–Kier alpha value is -2.38. The van der Waals surface area contributed by atoms with E-state index in [9.17, 15) is 9.59 Å². The molecule has 3 aromatic rings. The topological polar surface area (TPSA) is 85.1 Å². The van der Waals surface area contributed by atoms with Crippen molar-refractivity contribution in [2.45, 2.75) is 25.8 Å². The molecule has 0 saturated heterocycles. The highest BCUT2D eigenvalue weighted by molar-refractivity contribution is 7.99. The zero-order valence-corrected chi connectivity index (χ0v) is 16.4. The summed E-state index contributed by atoms with van der Waals surface area (Å²) in [7, 11) is 0. The number of hydrogen-bond acceptors (Lipinski definition) is 5. The van der Waals surface area contributed by atoms with Gasteiger partial charge in [0, 0.05) is 5.39 Å². The molecule has 0 bridgehead atoms. The van der Waals surface area contributed by atoms with Crippen LogP contribution in [0.3, 0.4) is 0 Å². The van der Waals surface area contributed by atoms with Gasteiger partial charge in [0.05, 0.1) is 21.9 Å². The lowest BCUT2D eigenvalue weighted by atomic mass is 10.0. The molecule has 0 fully saturated rings. The summed E-state index contributed by atoms with van der Waals surface area (Å²) in [5, 5.41) is 6.89. The number of nitrogens with two attached hydrogens (primary N) is 1. The fourth-order valence-corrected chi connectivity index (χ4v) is 4.37. The molecule has 3 rings (SSSR count). The minimum absolute atomic E-state index is 0.194. The molecule has 0 saturated carbocycles. The van der Waals surface area contributed by atoms with Crippen molar-refractivity contribution in [2.24, 2.45) is 5.73 Å². The highest BCUT2D eigenvalue weighted by Crippen LogP contribution is 2.27. The molecule has 2 amide bonds. The first kappa shape index (κ1) is 18.4. The van der Waals surface area contributed by atoms with E-state index in [2.05, 4.69) is 31.3 Å². The van der Waals surface area contributed by atoms with E-state index >= 15 is 0 Å². The quantitative estimate of drug-likeness (QED) is 0.649. The van der Waals surface area contributed by atoms with Gasteiger partial charge in [0.25, 0.3) is 5.91 Å². The lowest BCUT2D eigenvalue weighted by Crippen LogP contribution is -2.17. The molecular weight excluding hydrogens is 366 g/mol. The van der Waals surface area contributed by atoms with Crippen LogP contribution >= 0.6 is 23.1 Å². The molecule has 5 nitrogen and oxygen atoms in total. The summed E-state index contributed by atoms with van der Waals surface area (Å²) >= 11 is 2.65. The molecule has 0 aliphatic rings. The second-order valence-corrected chi connectivity index (χ2v) is 8.03. The van der Waals surface area contributed by atoms with Gasteiger partial charge < -0.3 is 11.1 Å². The molecule has 2 heterocycles. The number of rotatable bonds is 5. The third-order valence-corrected chi connectivity index (χ3v) is 5.71. The Balaban J connectivity index is 1.74. The van der Waals surface area contributed by atoms with Gasteiger partial charge in [0.15, 0.2) is 0 Å². The zero-order valence-electron chi connectivity index (χ0n) is 14.8. The van der Waals surface area contributed by atoms with Gasteiger partial charge in [0.2, 0.25) is 5.91 Å². The number of nitrogens with zero attached hydrogens (tertiary/aromatic N) is 1. The number of aromatic nitrogens is 1. The van der Waals surface area contributed by atoms with E-state index in [1.165, 1.54) is 28.7 Å². The number of carbonyl (C=O) groups is 2. The molecule has 26 heavy (non-hydrogen) atoms. The number of carbonyl (C=O) groups excluding carboxylic acids is 2. The summed E-state index contributed by atoms with van der Waals surface area (Å²) in [4.78, 5) is 28.2. The monoisotopic (exact) mass is 385 g/mol. The second kappa shape index (κ2) is 7.47. The molecule has 1 aromatic carbocycles. The van der Waals surface area contributed by atoms with Crippen LogP contribution in [-0.2, 0) is 4.79 Å². The molecule has 134 valence electrons. The summed E-state index contributed by atoms with van der Waals surface area (Å²) in [6, 6.07) is 7.85. The van der Waals surface area contributed by atoms with E-state index in [1.54, 1.807) is 11.4 Å². The van der Waals surface area contributed by atoms with Crippen molar-refractivity contribution in [3.8, 4) is 0 Å². The van der Waals surface area contributed by atoms with Crippen LogP contribution in [0, 0.1) is 20.8 Å². The molecular formula is C19H19N3O2S2. The van der Waals surface area contributed by atoms with Gasteiger partial charge in [-0.15, -0.1) is 11.3 Å². The van der Waals surface area contributed by atoms with Gasteiger partial charge in [0.1, 0.15) is 5.00 Å². The molecule has 7 heteroatoms. The fraction of sp³-hybridized carbons (Fsp3) is 0.211. The van der Waals surface area contributed by atoms with Gasteiger partial charge >= 0.3 is 0 Å². The first-order chi connectivity index (χ1) is 12.3. The standard InChI is InChI=1S/C19H19N3O2S2/c1-10-6-12(3)17-14(7-10)11(2)8-16(22-17)26-9-15(23)21-19-13(18(20)24)4-5-25-19/h4-8H,9H2,1-3H3,(H2,20,24)(H,21,23). The van der Waals surface area contributed by atoms with Gasteiger partial charge in [-0.1, -0.05) is 23.4 Å². The minimum atomic E-state index is -0.549. The maximum absolute atomic E-state index is 12.2. The number of anilines is 1. The number of aryl methyl sites for hydroxylation is 3. The van der Waals surface area contributed by atoms with Crippen LogP contribution in [0.15, 0.2) is 34.7 Å². The normalized spacial score (nSPS) is 10.9. The highest BCUT2D eigenvalue weighted by Gasteiger charge is 2.13. The highest BCUT2D eigenvalue weighted by atomic mass is 32.2. The first-order valence-electron chi connectivity index (χ1n) is 8.03. The maximum Gasteiger partial charge on any atom is 0.251 e. The van der Waals surface area contributed by atoms with Crippen molar-refractivity contribution in [2.75, 3.05) is 11.1 Å². The van der Waals surface area contributed by atoms with E-state index in [0.29, 0.717) is 10.6 Å². The van der Waals surface area contributed by atoms with Crippen molar-refractivity contribution in [3.63, 3.8) is 0 Å². The van der Waals surface area contributed by atoms with E-state index in [0.717, 1.165) is 27.1 Å².